The predicted octanol–water partition coefficient (Wildman–Crippen LogP) is 2.24. The van der Waals surface area contributed by atoms with E-state index in [0.29, 0.717) is 18.5 Å². The lowest BCUT2D eigenvalue weighted by molar-refractivity contribution is -0.160. The van der Waals surface area contributed by atoms with Gasteiger partial charge in [-0.05, 0) is 19.3 Å². The molecule has 0 radical (unpaired) electrons. The molecule has 1 amide bonds. The number of ether oxygens (including phenoxy) is 1. The summed E-state index contributed by atoms with van der Waals surface area (Å²) in [6.45, 7) is 9.25. The average Bonchev–Trinajstić information content (AvgIpc) is 2.49. The van der Waals surface area contributed by atoms with Gasteiger partial charge in [0.05, 0.1) is 5.70 Å². The van der Waals surface area contributed by atoms with Crippen LogP contribution in [-0.2, 0) is 14.4 Å². The highest BCUT2D eigenvalue weighted by Crippen LogP contribution is 2.21. The number of hydrogen-bond acceptors (Lipinski definition) is 4. The van der Waals surface area contributed by atoms with Crippen LogP contribution in [0.2, 0.25) is 0 Å². The lowest BCUT2D eigenvalue weighted by atomic mass is 10.1. The van der Waals surface area contributed by atoms with Crippen molar-refractivity contribution in [2.45, 2.75) is 39.7 Å². The Balaban J connectivity index is 2.45. The quantitative estimate of drug-likeness (QED) is 0.694. The molecule has 1 aliphatic heterocycles. The summed E-state index contributed by atoms with van der Waals surface area (Å²) >= 11 is 0. The molecule has 0 saturated carbocycles. The highest BCUT2D eigenvalue weighted by Gasteiger charge is 2.29. The van der Waals surface area contributed by atoms with Crippen LogP contribution in [0.5, 0.6) is 0 Å². The van der Waals surface area contributed by atoms with Gasteiger partial charge >= 0.3 is 6.16 Å². The standard InChI is InChI=1S/C11H17NO4/c1-7(2)9(4)15-11(14)16-12-8(3)5-6-10(12)13/h7,9H,3,5-6H2,1-2,4H3. The largest absolute Gasteiger partial charge is 0.534 e. The van der Waals surface area contributed by atoms with E-state index in [1.54, 1.807) is 6.92 Å². The Morgan fingerprint density at radius 3 is 2.44 bits per heavy atom. The Labute approximate surface area is 95.0 Å². The number of nitrogens with zero attached hydrogens (tertiary/aromatic N) is 1. The second kappa shape index (κ2) is 5.01. The molecule has 0 spiro atoms. The zero-order chi connectivity index (χ0) is 12.3. The maximum absolute atomic E-state index is 11.3. The van der Waals surface area contributed by atoms with Gasteiger partial charge in [0.25, 0.3) is 5.91 Å². The van der Waals surface area contributed by atoms with E-state index in [9.17, 15) is 9.59 Å². The average molecular weight is 227 g/mol. The SMILES string of the molecule is C=C1CCC(=O)N1OC(=O)OC(C)C(C)C. The molecule has 0 aromatic rings. The molecular weight excluding hydrogens is 210 g/mol. The number of hydrogen-bond donors (Lipinski definition) is 0. The lowest BCUT2D eigenvalue weighted by Gasteiger charge is -2.19. The van der Waals surface area contributed by atoms with Gasteiger partial charge in [-0.15, -0.1) is 5.06 Å². The minimum atomic E-state index is -0.863. The molecule has 5 heteroatoms. The van der Waals surface area contributed by atoms with Crippen LogP contribution in [-0.4, -0.2) is 23.2 Å². The number of carbonyl (C=O) groups is 2. The number of amides is 1. The fourth-order valence-corrected chi connectivity index (χ4v) is 1.13. The van der Waals surface area contributed by atoms with E-state index in [4.69, 9.17) is 9.57 Å². The monoisotopic (exact) mass is 227 g/mol. The molecule has 0 aliphatic carbocycles. The van der Waals surface area contributed by atoms with Crippen molar-refractivity contribution in [2.75, 3.05) is 0 Å². The molecule has 1 rings (SSSR count). The third-order valence-electron chi connectivity index (χ3n) is 2.53. The van der Waals surface area contributed by atoms with Gasteiger partial charge in [0, 0.05) is 6.42 Å². The molecule has 16 heavy (non-hydrogen) atoms. The predicted molar refractivity (Wildman–Crippen MR) is 57.1 cm³/mol. The Kier molecular flexibility index (Phi) is 3.93. The molecule has 1 heterocycles. The van der Waals surface area contributed by atoms with Crippen LogP contribution in [0.4, 0.5) is 4.79 Å². The van der Waals surface area contributed by atoms with E-state index in [2.05, 4.69) is 6.58 Å². The van der Waals surface area contributed by atoms with Crippen LogP contribution in [0.3, 0.4) is 0 Å². The van der Waals surface area contributed by atoms with E-state index in [0.717, 1.165) is 5.06 Å². The number of hydroxylamine groups is 2. The van der Waals surface area contributed by atoms with Gasteiger partial charge in [-0.2, -0.15) is 0 Å². The number of carbonyl (C=O) groups excluding carboxylic acids is 2. The molecule has 5 nitrogen and oxygen atoms in total. The molecular formula is C11H17NO4. The van der Waals surface area contributed by atoms with E-state index >= 15 is 0 Å². The normalized spacial score (nSPS) is 17.9. The molecule has 1 saturated heterocycles. The summed E-state index contributed by atoms with van der Waals surface area (Å²) in [5, 5.41) is 0.912. The molecule has 0 N–H and O–H groups in total. The lowest BCUT2D eigenvalue weighted by Crippen LogP contribution is -2.30. The van der Waals surface area contributed by atoms with E-state index < -0.39 is 6.16 Å². The van der Waals surface area contributed by atoms with Crippen LogP contribution >= 0.6 is 0 Å². The molecule has 1 fully saturated rings. The van der Waals surface area contributed by atoms with E-state index in [1.807, 2.05) is 13.8 Å². The third-order valence-corrected chi connectivity index (χ3v) is 2.53. The van der Waals surface area contributed by atoms with Gasteiger partial charge < -0.3 is 4.74 Å². The molecule has 1 atom stereocenters. The Bertz CT molecular complexity index is 295. The van der Waals surface area contributed by atoms with E-state index in [1.165, 1.54) is 0 Å². The van der Waals surface area contributed by atoms with Crippen molar-refractivity contribution in [3.05, 3.63) is 12.3 Å². The summed E-state index contributed by atoms with van der Waals surface area (Å²) < 4.78 is 4.97. The van der Waals surface area contributed by atoms with Crippen molar-refractivity contribution in [3.8, 4) is 0 Å². The summed E-state index contributed by atoms with van der Waals surface area (Å²) in [7, 11) is 0. The van der Waals surface area contributed by atoms with Crippen LogP contribution in [0.15, 0.2) is 12.3 Å². The Hall–Kier alpha value is -1.52. The van der Waals surface area contributed by atoms with Crippen LogP contribution < -0.4 is 0 Å². The maximum atomic E-state index is 11.3. The minimum absolute atomic E-state index is 0.199. The summed E-state index contributed by atoms with van der Waals surface area (Å²) in [6, 6.07) is 0. The summed E-state index contributed by atoms with van der Waals surface area (Å²) in [5.41, 5.74) is 0.485. The van der Waals surface area contributed by atoms with Crippen LogP contribution in [0, 0.1) is 5.92 Å². The van der Waals surface area contributed by atoms with Crippen LogP contribution in [0.1, 0.15) is 33.6 Å². The van der Waals surface area contributed by atoms with Gasteiger partial charge in [-0.3, -0.25) is 9.63 Å². The summed E-state index contributed by atoms with van der Waals surface area (Å²) in [4.78, 5) is 27.4. The first-order valence-electron chi connectivity index (χ1n) is 5.31. The Morgan fingerprint density at radius 2 is 2.00 bits per heavy atom. The fourth-order valence-electron chi connectivity index (χ4n) is 1.13. The topological polar surface area (TPSA) is 55.8 Å². The molecule has 90 valence electrons. The zero-order valence-electron chi connectivity index (χ0n) is 9.86. The highest BCUT2D eigenvalue weighted by molar-refractivity contribution is 5.81. The molecule has 0 aromatic carbocycles. The van der Waals surface area contributed by atoms with Gasteiger partial charge in [-0.1, -0.05) is 20.4 Å². The molecule has 0 bridgehead atoms. The smallest absolute Gasteiger partial charge is 0.429 e. The van der Waals surface area contributed by atoms with Crippen molar-refractivity contribution in [2.24, 2.45) is 5.92 Å². The first-order valence-corrected chi connectivity index (χ1v) is 5.31. The van der Waals surface area contributed by atoms with Gasteiger partial charge in [0.1, 0.15) is 6.10 Å². The second-order valence-corrected chi connectivity index (χ2v) is 4.16. The minimum Gasteiger partial charge on any atom is -0.429 e. The van der Waals surface area contributed by atoms with Gasteiger partial charge in [0.2, 0.25) is 0 Å². The number of allylic oxidation sites excluding steroid dienone is 1. The highest BCUT2D eigenvalue weighted by atomic mass is 16.8. The van der Waals surface area contributed by atoms with Crippen molar-refractivity contribution in [1.29, 1.82) is 0 Å². The first kappa shape index (κ1) is 12.5. The second-order valence-electron chi connectivity index (χ2n) is 4.16. The van der Waals surface area contributed by atoms with Crippen molar-refractivity contribution >= 4 is 12.1 Å². The number of rotatable bonds is 3. The summed E-state index contributed by atoms with van der Waals surface area (Å²) in [6.07, 6.45) is -0.270. The maximum Gasteiger partial charge on any atom is 0.534 e. The first-order chi connectivity index (χ1) is 7.41. The zero-order valence-corrected chi connectivity index (χ0v) is 9.86. The molecule has 0 aromatic heterocycles. The van der Waals surface area contributed by atoms with Crippen molar-refractivity contribution in [1.82, 2.24) is 5.06 Å². The fraction of sp³-hybridized carbons (Fsp3) is 0.636. The molecule has 1 unspecified atom stereocenters. The third kappa shape index (κ3) is 2.98. The summed E-state index contributed by atoms with van der Waals surface area (Å²) in [5.74, 6) is -0.0656. The molecule has 1 aliphatic rings. The Morgan fingerprint density at radius 1 is 1.38 bits per heavy atom. The van der Waals surface area contributed by atoms with Gasteiger partial charge in [0.15, 0.2) is 0 Å². The van der Waals surface area contributed by atoms with Gasteiger partial charge in [-0.25, -0.2) is 4.79 Å². The van der Waals surface area contributed by atoms with Crippen molar-refractivity contribution < 1.29 is 19.2 Å². The van der Waals surface area contributed by atoms with Crippen molar-refractivity contribution in [3.63, 3.8) is 0 Å². The van der Waals surface area contributed by atoms with E-state index in [-0.39, 0.29) is 17.9 Å². The van der Waals surface area contributed by atoms with Crippen LogP contribution in [0.25, 0.3) is 0 Å².